The normalized spacial score (nSPS) is 21.5. The summed E-state index contributed by atoms with van der Waals surface area (Å²) in [6.07, 6.45) is 9.68. The average Bonchev–Trinajstić information content (AvgIpc) is 3.30. The molecule has 0 saturated heterocycles. The highest BCUT2D eigenvalue weighted by molar-refractivity contribution is 5.41. The van der Waals surface area contributed by atoms with E-state index in [2.05, 4.69) is 69.8 Å². The molecule has 12 bridgehead atoms. The zero-order chi connectivity index (χ0) is 40.4. The van der Waals surface area contributed by atoms with Gasteiger partial charge in [-0.15, -0.1) is 0 Å². The Balaban J connectivity index is 0.870. The maximum atomic E-state index is 6.20. The summed E-state index contributed by atoms with van der Waals surface area (Å²) in [5.41, 5.74) is 4.96. The summed E-state index contributed by atoms with van der Waals surface area (Å²) in [4.78, 5) is 0. The van der Waals surface area contributed by atoms with Crippen LogP contribution in [0.1, 0.15) is 73.6 Å². The highest BCUT2D eigenvalue weighted by Gasteiger charge is 2.25. The Morgan fingerprint density at radius 3 is 0.600 bits per heavy atom. The predicted molar refractivity (Wildman–Crippen MR) is 238 cm³/mol. The first-order valence-corrected chi connectivity index (χ1v) is 21.8. The Hall–Kier alpha value is -5.64. The maximum absolute atomic E-state index is 6.20. The fraction of sp³-hybridized carbons (Fsp3) is 0.308. The van der Waals surface area contributed by atoms with E-state index in [1.165, 1.54) is 73.6 Å². The minimum atomic E-state index is 0.418. The van der Waals surface area contributed by atoms with E-state index < -0.39 is 0 Å². The fourth-order valence-corrected chi connectivity index (χ4v) is 8.63. The van der Waals surface area contributed by atoms with Gasteiger partial charge in [-0.3, -0.25) is 0 Å². The number of rotatable bonds is 0. The third-order valence-corrected chi connectivity index (χ3v) is 12.1. The van der Waals surface area contributed by atoms with E-state index in [1.807, 2.05) is 97.1 Å². The summed E-state index contributed by atoms with van der Waals surface area (Å²) < 4.78 is 24.8. The SMILES string of the molecule is c1cc2ccc1CN[C@@H]1CCCC[C@H]1NCc1ccc(cc1)Oc1ccc(cc1)Oc1ccc(cc1)CN[C@@H]1CCCC[C@H]1NCc1ccc(cc1)Oc1ccc(cc1)O2. The molecule has 308 valence electrons. The lowest BCUT2D eigenvalue weighted by molar-refractivity contribution is 0.281. The van der Waals surface area contributed by atoms with Crippen molar-refractivity contribution in [3.05, 3.63) is 168 Å². The van der Waals surface area contributed by atoms with E-state index in [0.29, 0.717) is 24.2 Å². The Labute approximate surface area is 354 Å². The van der Waals surface area contributed by atoms with Gasteiger partial charge < -0.3 is 40.2 Å². The lowest BCUT2D eigenvalue weighted by atomic mass is 9.90. The molecule has 16 aliphatic heterocycles. The highest BCUT2D eigenvalue weighted by Crippen LogP contribution is 2.30. The van der Waals surface area contributed by atoms with Crippen LogP contribution in [0.3, 0.4) is 0 Å². The molecule has 0 radical (unpaired) electrons. The van der Waals surface area contributed by atoms with Crippen molar-refractivity contribution in [2.24, 2.45) is 0 Å². The monoisotopic (exact) mass is 800 g/mol. The lowest BCUT2D eigenvalue weighted by Gasteiger charge is -2.33. The van der Waals surface area contributed by atoms with Crippen LogP contribution >= 0.6 is 0 Å². The van der Waals surface area contributed by atoms with Gasteiger partial charge in [0, 0.05) is 50.3 Å². The largest absolute Gasteiger partial charge is 0.457 e. The Kier molecular flexibility index (Phi) is 13.0. The molecule has 0 unspecified atom stereocenters. The van der Waals surface area contributed by atoms with Crippen molar-refractivity contribution in [3.63, 3.8) is 0 Å². The van der Waals surface area contributed by atoms with Crippen LogP contribution in [0.4, 0.5) is 0 Å². The van der Waals surface area contributed by atoms with Gasteiger partial charge in [-0.25, -0.2) is 0 Å². The van der Waals surface area contributed by atoms with Gasteiger partial charge in [-0.05, 0) is 145 Å². The summed E-state index contributed by atoms with van der Waals surface area (Å²) in [6, 6.07) is 50.9. The molecule has 2 aliphatic carbocycles. The van der Waals surface area contributed by atoms with E-state index in [-0.39, 0.29) is 0 Å². The van der Waals surface area contributed by atoms with Crippen molar-refractivity contribution in [3.8, 4) is 46.0 Å². The first kappa shape index (κ1) is 39.8. The second-order valence-corrected chi connectivity index (χ2v) is 16.4. The maximum Gasteiger partial charge on any atom is 0.127 e. The highest BCUT2D eigenvalue weighted by atomic mass is 16.5. The van der Waals surface area contributed by atoms with E-state index >= 15 is 0 Å². The van der Waals surface area contributed by atoms with Crippen molar-refractivity contribution < 1.29 is 18.9 Å². The quantitative estimate of drug-likeness (QED) is 0.121. The molecular formula is C52H56N4O4. The van der Waals surface area contributed by atoms with Crippen LogP contribution in [-0.2, 0) is 26.2 Å². The summed E-state index contributed by atoms with van der Waals surface area (Å²) in [6.45, 7) is 3.27. The standard InChI is InChI=1S/C52H56N4O4/c1-2-6-50-49(5-1)53-33-37-9-17-41(18-10-37)57-45-25-27-47(28-26-45)59-43-21-13-39(14-22-43)35-55-51-7-3-4-8-52(51)56-36-40-15-23-44(24-16-40)60-48-31-29-46(30-32-48)58-42-19-11-38(12-20-42)34-54-50/h9-32,49-56H,1-8,33-36H2/t49-,50-,51-,52-/m1/s1. The number of ether oxygens (including phenoxy) is 4. The second kappa shape index (κ2) is 19.6. The lowest BCUT2D eigenvalue weighted by Crippen LogP contribution is -2.49. The molecule has 0 amide bonds. The first-order chi connectivity index (χ1) is 29.6. The minimum absolute atomic E-state index is 0.418. The van der Waals surface area contributed by atoms with Gasteiger partial charge in [0.25, 0.3) is 0 Å². The van der Waals surface area contributed by atoms with Crippen LogP contribution < -0.4 is 40.2 Å². The predicted octanol–water partition coefficient (Wildman–Crippen LogP) is 11.6. The van der Waals surface area contributed by atoms with Crippen molar-refractivity contribution in [1.82, 2.24) is 21.3 Å². The van der Waals surface area contributed by atoms with E-state index in [4.69, 9.17) is 18.9 Å². The van der Waals surface area contributed by atoms with Gasteiger partial charge in [-0.2, -0.15) is 0 Å². The van der Waals surface area contributed by atoms with Crippen molar-refractivity contribution >= 4 is 0 Å². The molecule has 60 heavy (non-hydrogen) atoms. The van der Waals surface area contributed by atoms with Crippen LogP contribution in [-0.4, -0.2) is 24.2 Å². The third-order valence-electron chi connectivity index (χ3n) is 12.1. The molecular weight excluding hydrogens is 745 g/mol. The Morgan fingerprint density at radius 2 is 0.417 bits per heavy atom. The Morgan fingerprint density at radius 1 is 0.250 bits per heavy atom. The van der Waals surface area contributed by atoms with Crippen molar-refractivity contribution in [2.45, 2.75) is 102 Å². The number of nitrogens with one attached hydrogen (secondary N) is 4. The molecule has 6 aromatic rings. The van der Waals surface area contributed by atoms with Gasteiger partial charge in [0.1, 0.15) is 46.0 Å². The van der Waals surface area contributed by atoms with Gasteiger partial charge in [0.2, 0.25) is 0 Å². The molecule has 2 fully saturated rings. The summed E-state index contributed by atoms with van der Waals surface area (Å²) in [7, 11) is 0. The smallest absolute Gasteiger partial charge is 0.127 e. The number of hydrogen-bond acceptors (Lipinski definition) is 8. The van der Waals surface area contributed by atoms with Crippen LogP contribution in [0.15, 0.2) is 146 Å². The molecule has 0 aromatic heterocycles. The number of benzene rings is 6. The summed E-state index contributed by atoms with van der Waals surface area (Å²) >= 11 is 0. The van der Waals surface area contributed by atoms with Gasteiger partial charge in [0.05, 0.1) is 0 Å². The van der Waals surface area contributed by atoms with E-state index in [0.717, 1.165) is 72.2 Å². The van der Waals surface area contributed by atoms with Crippen LogP contribution in [0.2, 0.25) is 0 Å². The molecule has 2 saturated carbocycles. The molecule has 4 atom stereocenters. The van der Waals surface area contributed by atoms with Gasteiger partial charge in [-0.1, -0.05) is 74.2 Å². The molecule has 8 heteroatoms. The zero-order valence-corrected chi connectivity index (χ0v) is 34.3. The van der Waals surface area contributed by atoms with Crippen molar-refractivity contribution in [1.29, 1.82) is 0 Å². The van der Waals surface area contributed by atoms with Crippen LogP contribution in [0.25, 0.3) is 0 Å². The Bertz CT molecular complexity index is 1910. The molecule has 16 heterocycles. The zero-order valence-electron chi connectivity index (χ0n) is 34.3. The average molecular weight is 801 g/mol. The third kappa shape index (κ3) is 10.9. The molecule has 4 N–H and O–H groups in total. The van der Waals surface area contributed by atoms with Gasteiger partial charge in [0.15, 0.2) is 0 Å². The minimum Gasteiger partial charge on any atom is -0.457 e. The van der Waals surface area contributed by atoms with Crippen LogP contribution in [0, 0.1) is 0 Å². The molecule has 0 spiro atoms. The number of hydrogen-bond donors (Lipinski definition) is 4. The molecule has 6 aromatic carbocycles. The molecule has 24 rings (SSSR count). The van der Waals surface area contributed by atoms with Crippen LogP contribution in [0.5, 0.6) is 46.0 Å². The summed E-state index contributed by atoms with van der Waals surface area (Å²) in [5.74, 6) is 6.34. The second-order valence-electron chi connectivity index (χ2n) is 16.4. The molecule has 8 nitrogen and oxygen atoms in total. The van der Waals surface area contributed by atoms with Crippen molar-refractivity contribution in [2.75, 3.05) is 0 Å². The summed E-state index contributed by atoms with van der Waals surface area (Å²) in [5, 5.41) is 15.4. The first-order valence-electron chi connectivity index (χ1n) is 21.8. The topological polar surface area (TPSA) is 85.0 Å². The van der Waals surface area contributed by atoms with Gasteiger partial charge >= 0.3 is 0 Å². The fourth-order valence-electron chi connectivity index (χ4n) is 8.63. The molecule has 18 aliphatic rings. The van der Waals surface area contributed by atoms with E-state index in [1.54, 1.807) is 0 Å². The van der Waals surface area contributed by atoms with E-state index in [9.17, 15) is 0 Å².